The molecule has 0 aliphatic heterocycles. The SMILES string of the molecule is CNc1ccc(S(=O)(=O)N[C@H]2CC[C@H](C(=O)N[C@H](C)c3ccc(F)cc3)CC2)cc1[N+](=O)[O-]. The number of amides is 1. The molecule has 3 rings (SSSR count). The Morgan fingerprint density at radius 1 is 1.12 bits per heavy atom. The summed E-state index contributed by atoms with van der Waals surface area (Å²) in [6.07, 6.45) is 1.96. The van der Waals surface area contributed by atoms with Crippen LogP contribution in [0.25, 0.3) is 0 Å². The normalized spacial score (nSPS) is 19.5. The van der Waals surface area contributed by atoms with E-state index in [-0.39, 0.29) is 46.0 Å². The van der Waals surface area contributed by atoms with Crippen LogP contribution in [0.4, 0.5) is 15.8 Å². The number of benzene rings is 2. The Morgan fingerprint density at radius 3 is 2.33 bits per heavy atom. The van der Waals surface area contributed by atoms with Gasteiger partial charge in [-0.2, -0.15) is 0 Å². The lowest BCUT2D eigenvalue weighted by Crippen LogP contribution is -2.41. The summed E-state index contributed by atoms with van der Waals surface area (Å²) < 4.78 is 41.2. The Balaban J connectivity index is 1.57. The first-order valence-corrected chi connectivity index (χ1v) is 12.1. The van der Waals surface area contributed by atoms with Crippen molar-refractivity contribution in [2.75, 3.05) is 12.4 Å². The summed E-state index contributed by atoms with van der Waals surface area (Å²) >= 11 is 0. The molecule has 1 aliphatic rings. The van der Waals surface area contributed by atoms with E-state index >= 15 is 0 Å². The van der Waals surface area contributed by atoms with Crippen molar-refractivity contribution in [1.29, 1.82) is 0 Å². The topological polar surface area (TPSA) is 130 Å². The first-order valence-electron chi connectivity index (χ1n) is 10.6. The molecule has 0 heterocycles. The maximum absolute atomic E-state index is 13.1. The Hall–Kier alpha value is -3.05. The van der Waals surface area contributed by atoms with Crippen LogP contribution in [0.15, 0.2) is 47.4 Å². The van der Waals surface area contributed by atoms with Gasteiger partial charge in [-0.25, -0.2) is 17.5 Å². The molecule has 11 heteroatoms. The fourth-order valence-electron chi connectivity index (χ4n) is 3.97. The van der Waals surface area contributed by atoms with Crippen molar-refractivity contribution in [3.63, 3.8) is 0 Å². The zero-order valence-electron chi connectivity index (χ0n) is 18.4. The number of nitrogens with one attached hydrogen (secondary N) is 3. The Kier molecular flexibility index (Phi) is 7.65. The average Bonchev–Trinajstić information content (AvgIpc) is 2.79. The van der Waals surface area contributed by atoms with E-state index in [1.807, 2.05) is 6.92 Å². The second kappa shape index (κ2) is 10.3. The number of carbonyl (C=O) groups excluding carboxylic acids is 1. The molecule has 0 radical (unpaired) electrons. The van der Waals surface area contributed by atoms with Crippen molar-refractivity contribution >= 4 is 27.3 Å². The van der Waals surface area contributed by atoms with Gasteiger partial charge in [0.05, 0.1) is 15.9 Å². The molecule has 178 valence electrons. The fraction of sp³-hybridized carbons (Fsp3) is 0.409. The second-order valence-electron chi connectivity index (χ2n) is 8.14. The maximum Gasteiger partial charge on any atom is 0.293 e. The molecule has 1 saturated carbocycles. The van der Waals surface area contributed by atoms with Crippen LogP contribution in [0, 0.1) is 21.8 Å². The van der Waals surface area contributed by atoms with E-state index in [9.17, 15) is 27.7 Å². The van der Waals surface area contributed by atoms with Crippen LogP contribution in [-0.2, 0) is 14.8 Å². The van der Waals surface area contributed by atoms with Gasteiger partial charge in [0.25, 0.3) is 5.69 Å². The second-order valence-corrected chi connectivity index (χ2v) is 9.85. The number of nitro groups is 1. The summed E-state index contributed by atoms with van der Waals surface area (Å²) in [5, 5.41) is 16.8. The van der Waals surface area contributed by atoms with Gasteiger partial charge in [-0.1, -0.05) is 12.1 Å². The number of carbonyl (C=O) groups is 1. The van der Waals surface area contributed by atoms with E-state index in [0.717, 1.165) is 11.6 Å². The number of nitrogens with zero attached hydrogens (tertiary/aromatic N) is 1. The van der Waals surface area contributed by atoms with Gasteiger partial charge >= 0.3 is 0 Å². The molecule has 33 heavy (non-hydrogen) atoms. The van der Waals surface area contributed by atoms with Gasteiger partial charge in [-0.05, 0) is 62.4 Å². The summed E-state index contributed by atoms with van der Waals surface area (Å²) in [6, 6.07) is 9.00. The largest absolute Gasteiger partial charge is 0.383 e. The molecular formula is C22H27FN4O5S. The molecule has 1 amide bonds. The summed E-state index contributed by atoms with van der Waals surface area (Å²) in [4.78, 5) is 23.0. The van der Waals surface area contributed by atoms with Gasteiger partial charge in [-0.15, -0.1) is 0 Å². The third-order valence-electron chi connectivity index (χ3n) is 5.89. The third kappa shape index (κ3) is 6.05. The molecule has 0 saturated heterocycles. The standard InChI is InChI=1S/C22H27FN4O5S/c1-14(15-3-7-17(23)8-4-15)25-22(28)16-5-9-18(10-6-16)26-33(31,32)19-11-12-20(24-2)21(13-19)27(29)30/h3-4,7-8,11-14,16,18,24,26H,5-6,9-10H2,1-2H3,(H,25,28)/t14-,16-,18-/m1/s1. The van der Waals surface area contributed by atoms with Crippen LogP contribution in [0.1, 0.15) is 44.2 Å². The molecule has 1 fully saturated rings. The van der Waals surface area contributed by atoms with E-state index in [1.165, 1.54) is 31.3 Å². The number of sulfonamides is 1. The highest BCUT2D eigenvalue weighted by molar-refractivity contribution is 7.89. The van der Waals surface area contributed by atoms with Crippen LogP contribution < -0.4 is 15.4 Å². The Bertz CT molecular complexity index is 1120. The third-order valence-corrected chi connectivity index (χ3v) is 7.41. The van der Waals surface area contributed by atoms with E-state index < -0.39 is 14.9 Å². The van der Waals surface area contributed by atoms with Crippen molar-refractivity contribution in [2.45, 2.75) is 49.6 Å². The van der Waals surface area contributed by atoms with Gasteiger partial charge in [0.1, 0.15) is 11.5 Å². The summed E-state index contributed by atoms with van der Waals surface area (Å²) in [5.74, 6) is -0.707. The lowest BCUT2D eigenvalue weighted by atomic mass is 9.85. The van der Waals surface area contributed by atoms with Crippen LogP contribution in [-0.4, -0.2) is 32.3 Å². The molecule has 2 aromatic rings. The van der Waals surface area contributed by atoms with E-state index in [4.69, 9.17) is 0 Å². The smallest absolute Gasteiger partial charge is 0.293 e. The molecule has 3 N–H and O–H groups in total. The molecule has 0 spiro atoms. The van der Waals surface area contributed by atoms with Gasteiger partial charge in [0.2, 0.25) is 15.9 Å². The van der Waals surface area contributed by atoms with Crippen molar-refractivity contribution in [2.24, 2.45) is 5.92 Å². The highest BCUT2D eigenvalue weighted by Gasteiger charge is 2.30. The molecule has 2 aromatic carbocycles. The zero-order valence-corrected chi connectivity index (χ0v) is 19.2. The first kappa shape index (κ1) is 24.6. The molecule has 9 nitrogen and oxygen atoms in total. The molecule has 1 aliphatic carbocycles. The molecular weight excluding hydrogens is 451 g/mol. The lowest BCUT2D eigenvalue weighted by molar-refractivity contribution is -0.384. The first-order chi connectivity index (χ1) is 15.6. The van der Waals surface area contributed by atoms with Crippen LogP contribution in [0.2, 0.25) is 0 Å². The van der Waals surface area contributed by atoms with Crippen LogP contribution >= 0.6 is 0 Å². The number of hydrogen-bond acceptors (Lipinski definition) is 6. The Labute approximate surface area is 192 Å². The minimum Gasteiger partial charge on any atom is -0.383 e. The van der Waals surface area contributed by atoms with Crippen molar-refractivity contribution < 1.29 is 22.5 Å². The van der Waals surface area contributed by atoms with Gasteiger partial charge in [-0.3, -0.25) is 14.9 Å². The summed E-state index contributed by atoms with van der Waals surface area (Å²) in [5.41, 5.74) is 0.695. The van der Waals surface area contributed by atoms with Crippen LogP contribution in [0.3, 0.4) is 0 Å². The molecule has 0 bridgehead atoms. The molecule has 1 atom stereocenters. The maximum atomic E-state index is 13.1. The summed E-state index contributed by atoms with van der Waals surface area (Å²) in [7, 11) is -2.43. The predicted molar refractivity (Wildman–Crippen MR) is 122 cm³/mol. The van der Waals surface area contributed by atoms with E-state index in [0.29, 0.717) is 25.7 Å². The highest BCUT2D eigenvalue weighted by Crippen LogP contribution is 2.29. The molecule has 0 aromatic heterocycles. The fourth-order valence-corrected chi connectivity index (χ4v) is 5.29. The van der Waals surface area contributed by atoms with E-state index in [1.54, 1.807) is 12.1 Å². The highest BCUT2D eigenvalue weighted by atomic mass is 32.2. The lowest BCUT2D eigenvalue weighted by Gasteiger charge is -2.29. The van der Waals surface area contributed by atoms with Gasteiger partial charge in [0, 0.05) is 25.1 Å². The average molecular weight is 479 g/mol. The minimum atomic E-state index is -3.95. The molecule has 0 unspecified atom stereocenters. The van der Waals surface area contributed by atoms with Gasteiger partial charge < -0.3 is 10.6 Å². The number of halogens is 1. The minimum absolute atomic E-state index is 0.119. The summed E-state index contributed by atoms with van der Waals surface area (Å²) in [6.45, 7) is 1.82. The number of anilines is 1. The van der Waals surface area contributed by atoms with Gasteiger partial charge in [0.15, 0.2) is 0 Å². The monoisotopic (exact) mass is 478 g/mol. The van der Waals surface area contributed by atoms with Crippen molar-refractivity contribution in [3.8, 4) is 0 Å². The van der Waals surface area contributed by atoms with Crippen molar-refractivity contribution in [1.82, 2.24) is 10.0 Å². The number of hydrogen-bond donors (Lipinski definition) is 3. The number of nitro benzene ring substituents is 1. The number of rotatable bonds is 8. The van der Waals surface area contributed by atoms with Crippen molar-refractivity contribution in [3.05, 3.63) is 64.0 Å². The van der Waals surface area contributed by atoms with Crippen LogP contribution in [0.5, 0.6) is 0 Å². The predicted octanol–water partition coefficient (Wildman–Crippen LogP) is 3.49. The Morgan fingerprint density at radius 2 is 1.76 bits per heavy atom. The van der Waals surface area contributed by atoms with E-state index in [2.05, 4.69) is 15.4 Å². The quantitative estimate of drug-likeness (QED) is 0.393. The zero-order chi connectivity index (χ0) is 24.2.